The average molecular weight is 353 g/mol. The molecule has 0 unspecified atom stereocenters. The van der Waals surface area contributed by atoms with Crippen LogP contribution in [0.1, 0.15) is 55.2 Å². The molecular formula is C18H25F2N3O2. The first-order chi connectivity index (χ1) is 11.5. The second-order valence-corrected chi connectivity index (χ2v) is 6.99. The number of nitrogens with two attached hydrogens (primary N) is 1. The summed E-state index contributed by atoms with van der Waals surface area (Å²) in [6, 6.07) is 6.17. The molecule has 0 aliphatic carbocycles. The van der Waals surface area contributed by atoms with Crippen molar-refractivity contribution in [3.8, 4) is 0 Å². The summed E-state index contributed by atoms with van der Waals surface area (Å²) >= 11 is 0. The molecule has 0 saturated carbocycles. The number of rotatable bonds is 4. The SMILES string of the molecule is CC(C)(C)CCc1cc(C(=O)O)ccc1N.Cn1ccc(C(F)F)n1. The van der Waals surface area contributed by atoms with Crippen LogP contribution in [-0.2, 0) is 13.5 Å². The number of halogens is 2. The lowest BCUT2D eigenvalue weighted by Crippen LogP contribution is -2.08. The third-order valence-electron chi connectivity index (χ3n) is 3.49. The molecular weight excluding hydrogens is 328 g/mol. The lowest BCUT2D eigenvalue weighted by Gasteiger charge is -2.18. The van der Waals surface area contributed by atoms with Gasteiger partial charge in [0.1, 0.15) is 5.69 Å². The van der Waals surface area contributed by atoms with Crippen LogP contribution in [0.25, 0.3) is 0 Å². The number of carbonyl (C=O) groups is 1. The fraction of sp³-hybridized carbons (Fsp3) is 0.444. The molecule has 2 rings (SSSR count). The first-order valence-corrected chi connectivity index (χ1v) is 7.89. The van der Waals surface area contributed by atoms with Crippen molar-refractivity contribution >= 4 is 11.7 Å². The molecule has 1 aromatic carbocycles. The van der Waals surface area contributed by atoms with E-state index in [-0.39, 0.29) is 11.1 Å². The van der Waals surface area contributed by atoms with E-state index in [1.165, 1.54) is 23.0 Å². The standard InChI is InChI=1S/C13H19NO2.C5H6F2N2/c1-13(2,3)7-6-9-8-10(12(15)16)4-5-11(9)14;1-9-3-2-4(8-9)5(6)7/h4-5,8H,6-7,14H2,1-3H3,(H,15,16);2-3,5H,1H3. The van der Waals surface area contributed by atoms with Gasteiger partial charge in [-0.3, -0.25) is 4.68 Å². The monoisotopic (exact) mass is 353 g/mol. The number of carboxylic acid groups (broad SMARTS) is 1. The maximum absolute atomic E-state index is 11.7. The predicted octanol–water partition coefficient (Wildman–Crippen LogP) is 4.30. The number of nitrogens with zero attached hydrogens (tertiary/aromatic N) is 2. The summed E-state index contributed by atoms with van der Waals surface area (Å²) in [4.78, 5) is 10.8. The number of hydrogen-bond donors (Lipinski definition) is 2. The number of aromatic carboxylic acids is 1. The van der Waals surface area contributed by atoms with Crippen LogP contribution in [-0.4, -0.2) is 20.9 Å². The van der Waals surface area contributed by atoms with Gasteiger partial charge in [0, 0.05) is 18.9 Å². The number of carboxylic acids is 1. The molecule has 0 spiro atoms. The Morgan fingerprint density at radius 2 is 1.96 bits per heavy atom. The Kier molecular flexibility index (Phi) is 7.09. The number of benzene rings is 1. The molecule has 25 heavy (non-hydrogen) atoms. The Labute approximate surface area is 146 Å². The van der Waals surface area contributed by atoms with Gasteiger partial charge in [0.2, 0.25) is 0 Å². The largest absolute Gasteiger partial charge is 0.478 e. The fourth-order valence-corrected chi connectivity index (χ4v) is 2.01. The van der Waals surface area contributed by atoms with Crippen molar-refractivity contribution in [2.75, 3.05) is 5.73 Å². The number of anilines is 1. The van der Waals surface area contributed by atoms with Gasteiger partial charge in [-0.05, 0) is 48.1 Å². The summed E-state index contributed by atoms with van der Waals surface area (Å²) in [5.74, 6) is -0.906. The molecule has 1 aromatic heterocycles. The van der Waals surface area contributed by atoms with Crippen LogP contribution in [0.5, 0.6) is 0 Å². The number of aryl methyl sites for hydroxylation is 2. The van der Waals surface area contributed by atoms with Gasteiger partial charge in [0.05, 0.1) is 5.56 Å². The van der Waals surface area contributed by atoms with E-state index in [9.17, 15) is 13.6 Å². The second kappa shape index (κ2) is 8.60. The first-order valence-electron chi connectivity index (χ1n) is 7.89. The molecule has 0 aliphatic rings. The Balaban J connectivity index is 0.000000293. The quantitative estimate of drug-likeness (QED) is 0.803. The van der Waals surface area contributed by atoms with E-state index in [4.69, 9.17) is 10.8 Å². The van der Waals surface area contributed by atoms with Crippen molar-refractivity contribution < 1.29 is 18.7 Å². The van der Waals surface area contributed by atoms with E-state index >= 15 is 0 Å². The summed E-state index contributed by atoms with van der Waals surface area (Å²) in [7, 11) is 1.60. The van der Waals surface area contributed by atoms with E-state index in [0.717, 1.165) is 18.4 Å². The highest BCUT2D eigenvalue weighted by Crippen LogP contribution is 2.24. The minimum absolute atomic E-state index is 0.169. The zero-order valence-electron chi connectivity index (χ0n) is 15.0. The van der Waals surface area contributed by atoms with Crippen LogP contribution in [0, 0.1) is 5.41 Å². The minimum Gasteiger partial charge on any atom is -0.478 e. The van der Waals surface area contributed by atoms with Crippen LogP contribution in [0.15, 0.2) is 30.5 Å². The van der Waals surface area contributed by atoms with Crippen molar-refractivity contribution in [3.63, 3.8) is 0 Å². The van der Waals surface area contributed by atoms with Gasteiger partial charge in [0.25, 0.3) is 6.43 Å². The van der Waals surface area contributed by atoms with Crippen molar-refractivity contribution in [3.05, 3.63) is 47.3 Å². The minimum atomic E-state index is -2.45. The van der Waals surface area contributed by atoms with Gasteiger partial charge >= 0.3 is 5.97 Å². The van der Waals surface area contributed by atoms with E-state index in [0.29, 0.717) is 11.3 Å². The predicted molar refractivity (Wildman–Crippen MR) is 93.8 cm³/mol. The van der Waals surface area contributed by atoms with Crippen LogP contribution in [0.4, 0.5) is 14.5 Å². The van der Waals surface area contributed by atoms with Crippen LogP contribution < -0.4 is 5.73 Å². The molecule has 3 N–H and O–H groups in total. The highest BCUT2D eigenvalue weighted by Gasteiger charge is 2.12. The Bertz CT molecular complexity index is 707. The Hall–Kier alpha value is -2.44. The topological polar surface area (TPSA) is 81.1 Å². The number of aromatic nitrogens is 2. The summed E-state index contributed by atoms with van der Waals surface area (Å²) < 4.78 is 24.8. The smallest absolute Gasteiger partial charge is 0.335 e. The fourth-order valence-electron chi connectivity index (χ4n) is 2.01. The normalized spacial score (nSPS) is 11.2. The molecule has 7 heteroatoms. The molecule has 5 nitrogen and oxygen atoms in total. The zero-order chi connectivity index (χ0) is 19.2. The van der Waals surface area contributed by atoms with Gasteiger partial charge in [-0.25, -0.2) is 13.6 Å². The molecule has 138 valence electrons. The van der Waals surface area contributed by atoms with Crippen molar-refractivity contribution in [1.82, 2.24) is 9.78 Å². The highest BCUT2D eigenvalue weighted by molar-refractivity contribution is 5.88. The van der Waals surface area contributed by atoms with Gasteiger partial charge in [-0.15, -0.1) is 0 Å². The maximum atomic E-state index is 11.7. The van der Waals surface area contributed by atoms with Crippen molar-refractivity contribution in [1.29, 1.82) is 0 Å². The summed E-state index contributed by atoms with van der Waals surface area (Å²) in [6.45, 7) is 6.47. The maximum Gasteiger partial charge on any atom is 0.335 e. The molecule has 0 fully saturated rings. The Morgan fingerprint density at radius 3 is 2.36 bits per heavy atom. The molecule has 0 bridgehead atoms. The second-order valence-electron chi connectivity index (χ2n) is 6.99. The highest BCUT2D eigenvalue weighted by atomic mass is 19.3. The summed E-state index contributed by atoms with van der Waals surface area (Å²) in [5, 5.41) is 12.4. The van der Waals surface area contributed by atoms with Crippen LogP contribution in [0.3, 0.4) is 0 Å². The number of alkyl halides is 2. The summed E-state index contributed by atoms with van der Waals surface area (Å²) in [5.41, 5.74) is 7.79. The number of hydrogen-bond acceptors (Lipinski definition) is 3. The third kappa shape index (κ3) is 7.32. The van der Waals surface area contributed by atoms with Gasteiger partial charge in [-0.1, -0.05) is 20.8 Å². The lowest BCUT2D eigenvalue weighted by atomic mass is 9.88. The van der Waals surface area contributed by atoms with E-state index in [1.54, 1.807) is 19.2 Å². The van der Waals surface area contributed by atoms with Gasteiger partial charge < -0.3 is 10.8 Å². The van der Waals surface area contributed by atoms with Crippen molar-refractivity contribution in [2.45, 2.75) is 40.0 Å². The van der Waals surface area contributed by atoms with E-state index in [2.05, 4.69) is 25.9 Å². The van der Waals surface area contributed by atoms with E-state index in [1.807, 2.05) is 0 Å². The van der Waals surface area contributed by atoms with Gasteiger partial charge in [0.15, 0.2) is 0 Å². The molecule has 0 amide bonds. The van der Waals surface area contributed by atoms with Crippen LogP contribution in [0.2, 0.25) is 0 Å². The third-order valence-corrected chi connectivity index (χ3v) is 3.49. The van der Waals surface area contributed by atoms with Crippen molar-refractivity contribution in [2.24, 2.45) is 12.5 Å². The molecule has 0 aliphatic heterocycles. The van der Waals surface area contributed by atoms with E-state index < -0.39 is 12.4 Å². The summed E-state index contributed by atoms with van der Waals surface area (Å²) in [6.07, 6.45) is 0.837. The molecule has 1 heterocycles. The van der Waals surface area contributed by atoms with Gasteiger partial charge in [-0.2, -0.15) is 5.10 Å². The first kappa shape index (κ1) is 20.6. The molecule has 0 radical (unpaired) electrons. The lowest BCUT2D eigenvalue weighted by molar-refractivity contribution is 0.0696. The molecule has 0 atom stereocenters. The molecule has 0 saturated heterocycles. The van der Waals surface area contributed by atoms with Crippen LogP contribution >= 0.6 is 0 Å². The Morgan fingerprint density at radius 1 is 1.32 bits per heavy atom. The number of nitrogen functional groups attached to an aromatic ring is 1. The zero-order valence-corrected chi connectivity index (χ0v) is 15.0. The molecule has 2 aromatic rings. The average Bonchev–Trinajstić information content (AvgIpc) is 2.93.